The third-order valence-electron chi connectivity index (χ3n) is 5.14. The van der Waals surface area contributed by atoms with Gasteiger partial charge in [-0.05, 0) is 22.3 Å². The predicted molar refractivity (Wildman–Crippen MR) is 90.9 cm³/mol. The molecule has 1 aliphatic heterocycles. The molecule has 0 bridgehead atoms. The van der Waals surface area contributed by atoms with E-state index in [2.05, 4.69) is 24.3 Å². The van der Waals surface area contributed by atoms with E-state index in [0.717, 1.165) is 0 Å². The third-order valence-corrected chi connectivity index (χ3v) is 5.14. The molecule has 2 aromatic carbocycles. The zero-order chi connectivity index (χ0) is 16.7. The number of carbonyl (C=O) groups is 2. The molecule has 0 radical (unpaired) electrons. The van der Waals surface area contributed by atoms with Crippen molar-refractivity contribution in [2.45, 2.75) is 24.8 Å². The van der Waals surface area contributed by atoms with Gasteiger partial charge in [-0.1, -0.05) is 48.5 Å². The molecule has 4 nitrogen and oxygen atoms in total. The van der Waals surface area contributed by atoms with E-state index in [1.807, 2.05) is 24.3 Å². The fraction of sp³-hybridized carbons (Fsp3) is 0.300. The summed E-state index contributed by atoms with van der Waals surface area (Å²) in [7, 11) is 1.40. The topological polar surface area (TPSA) is 46.6 Å². The molecule has 2 aromatic rings. The van der Waals surface area contributed by atoms with E-state index >= 15 is 0 Å². The summed E-state index contributed by atoms with van der Waals surface area (Å²) in [5, 5.41) is 0. The summed E-state index contributed by atoms with van der Waals surface area (Å²) in [5.41, 5.74) is 4.77. The fourth-order valence-corrected chi connectivity index (χ4v) is 4.11. The zero-order valence-corrected chi connectivity index (χ0v) is 13.6. The van der Waals surface area contributed by atoms with Gasteiger partial charge in [0.25, 0.3) is 0 Å². The Hall–Kier alpha value is -2.62. The highest BCUT2D eigenvalue weighted by Gasteiger charge is 2.42. The maximum Gasteiger partial charge on any atom is 0.409 e. The van der Waals surface area contributed by atoms with Crippen LogP contribution in [-0.4, -0.2) is 36.5 Å². The number of carbonyl (C=O) groups excluding carboxylic acids is 2. The number of ketones is 1. The van der Waals surface area contributed by atoms with Crippen molar-refractivity contribution < 1.29 is 14.3 Å². The molecule has 1 saturated heterocycles. The van der Waals surface area contributed by atoms with Gasteiger partial charge in [-0.3, -0.25) is 4.79 Å². The molecule has 1 unspecified atom stereocenters. The van der Waals surface area contributed by atoms with E-state index in [1.165, 1.54) is 29.4 Å². The number of piperidine rings is 1. The first kappa shape index (κ1) is 14.9. The smallest absolute Gasteiger partial charge is 0.409 e. The van der Waals surface area contributed by atoms with Crippen LogP contribution in [0.15, 0.2) is 48.5 Å². The van der Waals surface area contributed by atoms with Crippen LogP contribution in [0.5, 0.6) is 0 Å². The number of likely N-dealkylation sites (tertiary alicyclic amines) is 1. The Labute approximate surface area is 141 Å². The number of fused-ring (bicyclic) bond motifs is 3. The van der Waals surface area contributed by atoms with E-state index in [0.29, 0.717) is 19.4 Å². The van der Waals surface area contributed by atoms with Crippen LogP contribution in [0.4, 0.5) is 4.79 Å². The Bertz CT molecular complexity index is 769. The molecule has 4 heteroatoms. The second-order valence-corrected chi connectivity index (χ2v) is 6.38. The van der Waals surface area contributed by atoms with Gasteiger partial charge in [-0.2, -0.15) is 0 Å². The van der Waals surface area contributed by atoms with Gasteiger partial charge in [0.1, 0.15) is 5.78 Å². The van der Waals surface area contributed by atoms with E-state index in [1.54, 1.807) is 4.90 Å². The number of benzene rings is 2. The Morgan fingerprint density at radius 2 is 1.62 bits per heavy atom. The Kier molecular flexibility index (Phi) is 3.60. The SMILES string of the molecule is COC(=O)N1CCC(=O)CC1C1c2ccccc2-c2ccccc21. The molecule has 1 amide bonds. The highest BCUT2D eigenvalue weighted by Crippen LogP contribution is 2.48. The van der Waals surface area contributed by atoms with Crippen molar-refractivity contribution >= 4 is 11.9 Å². The molecular weight excluding hydrogens is 302 g/mol. The molecule has 0 aromatic heterocycles. The van der Waals surface area contributed by atoms with Gasteiger partial charge in [-0.25, -0.2) is 4.79 Å². The zero-order valence-electron chi connectivity index (χ0n) is 13.6. The van der Waals surface area contributed by atoms with Crippen LogP contribution in [0.25, 0.3) is 11.1 Å². The minimum Gasteiger partial charge on any atom is -0.453 e. The lowest BCUT2D eigenvalue weighted by atomic mass is 9.83. The van der Waals surface area contributed by atoms with Crippen LogP contribution in [0.1, 0.15) is 29.9 Å². The quantitative estimate of drug-likeness (QED) is 0.806. The third kappa shape index (κ3) is 2.21. The molecule has 1 atom stereocenters. The summed E-state index contributed by atoms with van der Waals surface area (Å²) in [6.45, 7) is 0.428. The fourth-order valence-electron chi connectivity index (χ4n) is 4.11. The summed E-state index contributed by atoms with van der Waals surface area (Å²) < 4.78 is 4.97. The maximum absolute atomic E-state index is 12.3. The summed E-state index contributed by atoms with van der Waals surface area (Å²) in [5.74, 6) is 0.225. The minimum atomic E-state index is -0.352. The van der Waals surface area contributed by atoms with Crippen LogP contribution in [-0.2, 0) is 9.53 Å². The predicted octanol–water partition coefficient (Wildman–Crippen LogP) is 3.60. The lowest BCUT2D eigenvalue weighted by molar-refractivity contribution is -0.122. The number of methoxy groups -OCH3 is 1. The first-order valence-corrected chi connectivity index (χ1v) is 8.25. The number of Topliss-reactive ketones (excluding diaryl/α,β-unsaturated/α-hetero) is 1. The molecule has 2 aliphatic rings. The van der Waals surface area contributed by atoms with Gasteiger partial charge in [0.15, 0.2) is 0 Å². The first-order chi connectivity index (χ1) is 11.7. The molecule has 4 rings (SSSR count). The monoisotopic (exact) mass is 321 g/mol. The molecule has 1 aliphatic carbocycles. The number of nitrogens with zero attached hydrogens (tertiary/aromatic N) is 1. The van der Waals surface area contributed by atoms with Crippen LogP contribution in [0.3, 0.4) is 0 Å². The number of hydrogen-bond donors (Lipinski definition) is 0. The average molecular weight is 321 g/mol. The number of hydrogen-bond acceptors (Lipinski definition) is 3. The highest BCUT2D eigenvalue weighted by molar-refractivity contribution is 5.85. The lowest BCUT2D eigenvalue weighted by Gasteiger charge is -2.38. The number of ether oxygens (including phenoxy) is 1. The van der Waals surface area contributed by atoms with E-state index < -0.39 is 0 Å². The van der Waals surface area contributed by atoms with Gasteiger partial charge in [0.05, 0.1) is 13.2 Å². The minimum absolute atomic E-state index is 0.0146. The van der Waals surface area contributed by atoms with Crippen LogP contribution in [0.2, 0.25) is 0 Å². The Balaban J connectivity index is 1.84. The van der Waals surface area contributed by atoms with Crippen molar-refractivity contribution in [3.8, 4) is 11.1 Å². The molecule has 122 valence electrons. The summed E-state index contributed by atoms with van der Waals surface area (Å²) in [6.07, 6.45) is 0.429. The van der Waals surface area contributed by atoms with Gasteiger partial charge in [0, 0.05) is 25.3 Å². The largest absolute Gasteiger partial charge is 0.453 e. The summed E-state index contributed by atoms with van der Waals surface area (Å²) in [6, 6.07) is 16.3. The van der Waals surface area contributed by atoms with Crippen molar-refractivity contribution in [3.05, 3.63) is 59.7 Å². The second kappa shape index (κ2) is 5.78. The molecule has 1 fully saturated rings. The van der Waals surface area contributed by atoms with Crippen molar-refractivity contribution in [3.63, 3.8) is 0 Å². The number of rotatable bonds is 1. The Morgan fingerprint density at radius 1 is 1.04 bits per heavy atom. The van der Waals surface area contributed by atoms with Crippen molar-refractivity contribution in [2.24, 2.45) is 0 Å². The molecule has 0 saturated carbocycles. The van der Waals surface area contributed by atoms with Gasteiger partial charge < -0.3 is 9.64 Å². The molecule has 0 N–H and O–H groups in total. The highest BCUT2D eigenvalue weighted by atomic mass is 16.5. The lowest BCUT2D eigenvalue weighted by Crippen LogP contribution is -2.49. The van der Waals surface area contributed by atoms with Crippen molar-refractivity contribution in [2.75, 3.05) is 13.7 Å². The van der Waals surface area contributed by atoms with Crippen LogP contribution < -0.4 is 0 Å². The van der Waals surface area contributed by atoms with E-state index in [9.17, 15) is 9.59 Å². The summed E-state index contributed by atoms with van der Waals surface area (Å²) in [4.78, 5) is 26.1. The first-order valence-electron chi connectivity index (χ1n) is 8.25. The Morgan fingerprint density at radius 3 is 2.21 bits per heavy atom. The molecular formula is C20H19NO3. The second-order valence-electron chi connectivity index (χ2n) is 6.38. The van der Waals surface area contributed by atoms with Gasteiger partial charge >= 0.3 is 6.09 Å². The number of amides is 1. The normalized spacial score (nSPS) is 19.8. The van der Waals surface area contributed by atoms with E-state index in [4.69, 9.17) is 4.74 Å². The van der Waals surface area contributed by atoms with Gasteiger partial charge in [-0.15, -0.1) is 0 Å². The molecule has 0 spiro atoms. The standard InChI is InChI=1S/C20H19NO3/c1-24-20(23)21-11-10-13(22)12-18(21)19-16-8-4-2-6-14(16)15-7-3-5-9-17(15)19/h2-9,18-19H,10-12H2,1H3. The van der Waals surface area contributed by atoms with Crippen molar-refractivity contribution in [1.82, 2.24) is 4.90 Å². The van der Waals surface area contributed by atoms with Crippen LogP contribution in [0, 0.1) is 0 Å². The van der Waals surface area contributed by atoms with Crippen molar-refractivity contribution in [1.29, 1.82) is 0 Å². The molecule has 1 heterocycles. The summed E-state index contributed by atoms with van der Waals surface area (Å²) >= 11 is 0. The average Bonchev–Trinajstić information content (AvgIpc) is 2.95. The van der Waals surface area contributed by atoms with Gasteiger partial charge in [0.2, 0.25) is 0 Å². The maximum atomic E-state index is 12.3. The van der Waals surface area contributed by atoms with E-state index in [-0.39, 0.29) is 23.8 Å². The molecule has 24 heavy (non-hydrogen) atoms. The van der Waals surface area contributed by atoms with Crippen LogP contribution >= 0.6 is 0 Å².